The average Bonchev–Trinajstić information content (AvgIpc) is 3.04. The molecule has 4 rings (SSSR count). The molecule has 0 saturated carbocycles. The Morgan fingerprint density at radius 2 is 1.53 bits per heavy atom. The van der Waals surface area contributed by atoms with Gasteiger partial charge < -0.3 is 9.84 Å². The predicted octanol–water partition coefficient (Wildman–Crippen LogP) is 5.62. The molecule has 1 fully saturated rings. The van der Waals surface area contributed by atoms with Crippen molar-refractivity contribution in [3.63, 3.8) is 0 Å². The third kappa shape index (κ3) is 4.52. The number of carbonyl (C=O) groups is 3. The Balaban J connectivity index is 1.92. The number of hydrogen-bond acceptors (Lipinski definition) is 5. The van der Waals surface area contributed by atoms with Gasteiger partial charge in [0.25, 0.3) is 11.7 Å². The van der Waals surface area contributed by atoms with E-state index in [2.05, 4.69) is 15.9 Å². The van der Waals surface area contributed by atoms with Gasteiger partial charge in [0, 0.05) is 22.6 Å². The van der Waals surface area contributed by atoms with Crippen LogP contribution < -0.4 is 9.64 Å². The van der Waals surface area contributed by atoms with Gasteiger partial charge in [0.15, 0.2) is 0 Å². The molecule has 1 amide bonds. The van der Waals surface area contributed by atoms with E-state index in [1.807, 2.05) is 32.0 Å². The van der Waals surface area contributed by atoms with Crippen LogP contribution in [0.5, 0.6) is 5.75 Å². The lowest BCUT2D eigenvalue weighted by Crippen LogP contribution is -2.29. The van der Waals surface area contributed by atoms with Crippen LogP contribution in [0.25, 0.3) is 5.76 Å². The van der Waals surface area contributed by atoms with Crippen LogP contribution in [-0.2, 0) is 14.4 Å². The van der Waals surface area contributed by atoms with Crippen LogP contribution in [0.15, 0.2) is 76.8 Å². The zero-order valence-electron chi connectivity index (χ0n) is 18.8. The van der Waals surface area contributed by atoms with Crippen molar-refractivity contribution in [1.29, 1.82) is 0 Å². The fourth-order valence-corrected chi connectivity index (χ4v) is 4.42. The summed E-state index contributed by atoms with van der Waals surface area (Å²) in [5, 5.41) is 11.2. The molecule has 172 valence electrons. The SMILES string of the molecule is CC(=O)Oc1ccc(C2/C(=C(\O)c3ccc(Br)cc3)C(=O)C(=O)N2c2cc(C)cc(C)c2)cc1. The first-order valence-electron chi connectivity index (χ1n) is 10.6. The van der Waals surface area contributed by atoms with Crippen molar-refractivity contribution < 1.29 is 24.2 Å². The summed E-state index contributed by atoms with van der Waals surface area (Å²) in [6.07, 6.45) is 0. The Morgan fingerprint density at radius 1 is 0.941 bits per heavy atom. The van der Waals surface area contributed by atoms with Crippen molar-refractivity contribution in [2.45, 2.75) is 26.8 Å². The molecular weight excluding hydrogens is 498 g/mol. The molecular formula is C27H22BrNO5. The molecule has 1 unspecified atom stereocenters. The van der Waals surface area contributed by atoms with Gasteiger partial charge in [-0.3, -0.25) is 19.3 Å². The number of aliphatic hydroxyl groups is 1. The van der Waals surface area contributed by atoms with Crippen molar-refractivity contribution in [2.24, 2.45) is 0 Å². The maximum atomic E-state index is 13.3. The first-order chi connectivity index (χ1) is 16.2. The van der Waals surface area contributed by atoms with E-state index in [0.29, 0.717) is 22.6 Å². The number of rotatable bonds is 4. The van der Waals surface area contributed by atoms with Crippen LogP contribution in [0.1, 0.15) is 35.2 Å². The summed E-state index contributed by atoms with van der Waals surface area (Å²) in [6.45, 7) is 5.14. The second-order valence-electron chi connectivity index (χ2n) is 8.18. The number of benzene rings is 3. The molecule has 1 saturated heterocycles. The molecule has 0 aliphatic carbocycles. The van der Waals surface area contributed by atoms with Crippen molar-refractivity contribution in [3.8, 4) is 5.75 Å². The van der Waals surface area contributed by atoms with E-state index in [9.17, 15) is 19.5 Å². The molecule has 6 nitrogen and oxygen atoms in total. The second kappa shape index (κ2) is 9.27. The highest BCUT2D eigenvalue weighted by molar-refractivity contribution is 9.10. The number of hydrogen-bond donors (Lipinski definition) is 1. The molecule has 1 N–H and O–H groups in total. The lowest BCUT2D eigenvalue weighted by Gasteiger charge is -2.26. The van der Waals surface area contributed by atoms with E-state index in [0.717, 1.165) is 15.6 Å². The molecule has 0 radical (unpaired) electrons. The largest absolute Gasteiger partial charge is 0.507 e. The van der Waals surface area contributed by atoms with E-state index < -0.39 is 23.7 Å². The quantitative estimate of drug-likeness (QED) is 0.159. The van der Waals surface area contributed by atoms with E-state index in [4.69, 9.17) is 4.74 Å². The van der Waals surface area contributed by atoms with E-state index in [1.165, 1.54) is 11.8 Å². The second-order valence-corrected chi connectivity index (χ2v) is 9.10. The summed E-state index contributed by atoms with van der Waals surface area (Å²) < 4.78 is 5.94. The van der Waals surface area contributed by atoms with Gasteiger partial charge in [-0.15, -0.1) is 0 Å². The summed E-state index contributed by atoms with van der Waals surface area (Å²) in [5.41, 5.74) is 3.44. The topological polar surface area (TPSA) is 83.9 Å². The molecule has 7 heteroatoms. The van der Waals surface area contributed by atoms with Crippen molar-refractivity contribution in [2.75, 3.05) is 4.90 Å². The molecule has 1 aliphatic heterocycles. The third-order valence-electron chi connectivity index (χ3n) is 5.50. The van der Waals surface area contributed by atoms with Crippen LogP contribution in [0.3, 0.4) is 0 Å². The Morgan fingerprint density at radius 3 is 2.09 bits per heavy atom. The molecule has 0 aromatic heterocycles. The number of halogens is 1. The maximum absolute atomic E-state index is 13.3. The highest BCUT2D eigenvalue weighted by Gasteiger charge is 2.47. The number of Topliss-reactive ketones (excluding diaryl/α,β-unsaturated/α-hetero) is 1. The van der Waals surface area contributed by atoms with Crippen LogP contribution in [0.2, 0.25) is 0 Å². The lowest BCUT2D eigenvalue weighted by atomic mass is 9.95. The van der Waals surface area contributed by atoms with E-state index in [-0.39, 0.29) is 11.3 Å². The normalized spacial score (nSPS) is 17.2. The predicted molar refractivity (Wildman–Crippen MR) is 133 cm³/mol. The van der Waals surface area contributed by atoms with Crippen LogP contribution >= 0.6 is 15.9 Å². The summed E-state index contributed by atoms with van der Waals surface area (Å²) >= 11 is 3.36. The van der Waals surface area contributed by atoms with Gasteiger partial charge in [-0.05, 0) is 66.9 Å². The highest BCUT2D eigenvalue weighted by Crippen LogP contribution is 2.43. The van der Waals surface area contributed by atoms with Gasteiger partial charge in [0.2, 0.25) is 0 Å². The maximum Gasteiger partial charge on any atom is 0.308 e. The molecule has 1 aliphatic rings. The van der Waals surface area contributed by atoms with E-state index >= 15 is 0 Å². The minimum absolute atomic E-state index is 0.00767. The number of ether oxygens (including phenoxy) is 1. The fourth-order valence-electron chi connectivity index (χ4n) is 4.15. The summed E-state index contributed by atoms with van der Waals surface area (Å²) in [6, 6.07) is 18.2. The summed E-state index contributed by atoms with van der Waals surface area (Å²) in [4.78, 5) is 39.2. The van der Waals surface area contributed by atoms with Gasteiger partial charge in [0.05, 0.1) is 11.6 Å². The first-order valence-corrected chi connectivity index (χ1v) is 11.4. The number of carbonyl (C=O) groups excluding carboxylic acids is 3. The Hall–Kier alpha value is -3.71. The Labute approximate surface area is 205 Å². The minimum Gasteiger partial charge on any atom is -0.507 e. The molecule has 3 aromatic carbocycles. The summed E-state index contributed by atoms with van der Waals surface area (Å²) in [5.74, 6) is -1.87. The van der Waals surface area contributed by atoms with Crippen molar-refractivity contribution >= 4 is 45.0 Å². The standard InChI is InChI=1S/C27H22BrNO5/c1-15-12-16(2)14-21(13-15)29-24(18-6-10-22(11-7-18)34-17(3)30)23(26(32)27(29)33)25(31)19-4-8-20(28)9-5-19/h4-14,24,31H,1-3H3/b25-23+. The number of esters is 1. The third-order valence-corrected chi connectivity index (χ3v) is 6.03. The number of aryl methyl sites for hydroxylation is 2. The number of nitrogens with zero attached hydrogens (tertiary/aromatic N) is 1. The Kier molecular flexibility index (Phi) is 6.39. The lowest BCUT2D eigenvalue weighted by molar-refractivity contribution is -0.132. The van der Waals surface area contributed by atoms with Gasteiger partial charge in [-0.1, -0.05) is 46.3 Å². The van der Waals surface area contributed by atoms with Crippen LogP contribution in [0.4, 0.5) is 5.69 Å². The number of aliphatic hydroxyl groups excluding tert-OH is 1. The number of ketones is 1. The fraction of sp³-hybridized carbons (Fsp3) is 0.148. The average molecular weight is 520 g/mol. The first kappa shape index (κ1) is 23.4. The van der Waals surface area contributed by atoms with Gasteiger partial charge in [-0.25, -0.2) is 0 Å². The van der Waals surface area contributed by atoms with Crippen LogP contribution in [0, 0.1) is 13.8 Å². The smallest absolute Gasteiger partial charge is 0.308 e. The van der Waals surface area contributed by atoms with Gasteiger partial charge in [-0.2, -0.15) is 0 Å². The monoisotopic (exact) mass is 519 g/mol. The molecule has 34 heavy (non-hydrogen) atoms. The van der Waals surface area contributed by atoms with Crippen molar-refractivity contribution in [1.82, 2.24) is 0 Å². The minimum atomic E-state index is -0.865. The van der Waals surface area contributed by atoms with Gasteiger partial charge >= 0.3 is 5.97 Å². The number of amides is 1. The highest BCUT2D eigenvalue weighted by atomic mass is 79.9. The molecule has 0 spiro atoms. The number of anilines is 1. The zero-order chi connectivity index (χ0) is 24.6. The van der Waals surface area contributed by atoms with Gasteiger partial charge in [0.1, 0.15) is 11.5 Å². The molecule has 1 heterocycles. The van der Waals surface area contributed by atoms with Crippen molar-refractivity contribution in [3.05, 3.63) is 99.0 Å². The molecule has 0 bridgehead atoms. The van der Waals surface area contributed by atoms with Crippen LogP contribution in [-0.4, -0.2) is 22.8 Å². The Bertz CT molecular complexity index is 1310. The summed E-state index contributed by atoms with van der Waals surface area (Å²) in [7, 11) is 0. The molecule has 3 aromatic rings. The zero-order valence-corrected chi connectivity index (χ0v) is 20.4. The molecule has 1 atom stereocenters. The van der Waals surface area contributed by atoms with E-state index in [1.54, 1.807) is 48.5 Å².